The van der Waals surface area contributed by atoms with Crippen LogP contribution in [0.3, 0.4) is 0 Å². The highest BCUT2D eigenvalue weighted by Crippen LogP contribution is 2.30. The third kappa shape index (κ3) is 4.67. The molecule has 10 heteroatoms. The summed E-state index contributed by atoms with van der Waals surface area (Å²) in [6.45, 7) is 4.49. The highest BCUT2D eigenvalue weighted by molar-refractivity contribution is 5.80. The number of aromatic nitrogens is 8. The standard InChI is InChI=1S/C31H30N8O2/c1-4-10-26-32-29-27(30(40)37(3)31(41)39(29)20(2)22-11-6-5-7-12-22)38(26)19-21-15-17-23(18-16-21)24-13-8-9-14-25(24)28-33-35-36-34-28/h5-9,11-18,20H,4,10,19H2,1-3H3,(H,33,34,35,36). The van der Waals surface area contributed by atoms with Gasteiger partial charge in [-0.25, -0.2) is 9.78 Å². The lowest BCUT2D eigenvalue weighted by atomic mass is 9.98. The Morgan fingerprint density at radius 3 is 2.29 bits per heavy atom. The van der Waals surface area contributed by atoms with Crippen molar-refractivity contribution in [1.82, 2.24) is 39.3 Å². The van der Waals surface area contributed by atoms with E-state index in [9.17, 15) is 9.59 Å². The van der Waals surface area contributed by atoms with Gasteiger partial charge in [-0.3, -0.25) is 13.9 Å². The van der Waals surface area contributed by atoms with Crippen LogP contribution in [-0.4, -0.2) is 39.3 Å². The van der Waals surface area contributed by atoms with E-state index in [-0.39, 0.29) is 17.3 Å². The van der Waals surface area contributed by atoms with Crippen molar-refractivity contribution >= 4 is 11.2 Å². The predicted molar refractivity (Wildman–Crippen MR) is 158 cm³/mol. The van der Waals surface area contributed by atoms with E-state index in [4.69, 9.17) is 4.98 Å². The molecule has 6 rings (SSSR count). The number of fused-ring (bicyclic) bond motifs is 1. The summed E-state index contributed by atoms with van der Waals surface area (Å²) in [5, 5.41) is 14.5. The zero-order chi connectivity index (χ0) is 28.5. The van der Waals surface area contributed by atoms with Gasteiger partial charge in [0.05, 0.1) is 6.04 Å². The lowest BCUT2D eigenvalue weighted by molar-refractivity contribution is 0.579. The van der Waals surface area contributed by atoms with Crippen LogP contribution in [0.2, 0.25) is 0 Å². The lowest BCUT2D eigenvalue weighted by Gasteiger charge is -2.17. The molecule has 0 spiro atoms. The van der Waals surface area contributed by atoms with Gasteiger partial charge in [-0.2, -0.15) is 5.21 Å². The summed E-state index contributed by atoms with van der Waals surface area (Å²) in [5.41, 5.74) is 5.00. The Labute approximate surface area is 235 Å². The number of H-pyrrole nitrogens is 1. The summed E-state index contributed by atoms with van der Waals surface area (Å²) in [6.07, 6.45) is 1.54. The molecule has 10 nitrogen and oxygen atoms in total. The molecule has 0 amide bonds. The van der Waals surface area contributed by atoms with Crippen molar-refractivity contribution in [3.63, 3.8) is 0 Å². The van der Waals surface area contributed by atoms with Gasteiger partial charge >= 0.3 is 5.69 Å². The minimum atomic E-state index is -0.379. The first kappa shape index (κ1) is 26.1. The fourth-order valence-electron chi connectivity index (χ4n) is 5.35. The number of aryl methyl sites for hydroxylation is 1. The summed E-state index contributed by atoms with van der Waals surface area (Å²) in [5.74, 6) is 1.32. The molecule has 3 aromatic carbocycles. The zero-order valence-electron chi connectivity index (χ0n) is 23.2. The van der Waals surface area contributed by atoms with Gasteiger partial charge in [0.15, 0.2) is 11.2 Å². The van der Waals surface area contributed by atoms with Crippen molar-refractivity contribution < 1.29 is 0 Å². The van der Waals surface area contributed by atoms with E-state index >= 15 is 0 Å². The van der Waals surface area contributed by atoms with Crippen LogP contribution in [0.25, 0.3) is 33.7 Å². The molecule has 0 bridgehead atoms. The second-order valence-corrected chi connectivity index (χ2v) is 10.1. The minimum Gasteiger partial charge on any atom is -0.318 e. The number of hydrogen-bond donors (Lipinski definition) is 1. The number of rotatable bonds is 8. The molecular formula is C31H30N8O2. The topological polar surface area (TPSA) is 116 Å². The molecule has 0 saturated carbocycles. The zero-order valence-corrected chi connectivity index (χ0v) is 23.2. The fourth-order valence-corrected chi connectivity index (χ4v) is 5.35. The van der Waals surface area contributed by atoms with E-state index in [2.05, 4.69) is 51.8 Å². The quantitative estimate of drug-likeness (QED) is 0.303. The molecule has 6 aromatic rings. The molecule has 1 atom stereocenters. The van der Waals surface area contributed by atoms with E-state index in [1.807, 2.05) is 66.1 Å². The molecule has 206 valence electrons. The van der Waals surface area contributed by atoms with E-state index in [0.29, 0.717) is 30.0 Å². The molecule has 0 fully saturated rings. The number of hydrogen-bond acceptors (Lipinski definition) is 6. The highest BCUT2D eigenvalue weighted by Gasteiger charge is 2.23. The van der Waals surface area contributed by atoms with Crippen molar-refractivity contribution in [1.29, 1.82) is 0 Å². The first-order valence-electron chi connectivity index (χ1n) is 13.7. The van der Waals surface area contributed by atoms with Gasteiger partial charge in [0.2, 0.25) is 5.82 Å². The largest absolute Gasteiger partial charge is 0.333 e. The fraction of sp³-hybridized carbons (Fsp3) is 0.226. The van der Waals surface area contributed by atoms with Crippen molar-refractivity contribution in [2.45, 2.75) is 39.3 Å². The molecule has 41 heavy (non-hydrogen) atoms. The number of benzene rings is 3. The second kappa shape index (κ2) is 10.8. The van der Waals surface area contributed by atoms with Gasteiger partial charge in [-0.05, 0) is 40.8 Å². The van der Waals surface area contributed by atoms with Crippen LogP contribution < -0.4 is 11.2 Å². The summed E-state index contributed by atoms with van der Waals surface area (Å²) in [6, 6.07) is 25.6. The molecule has 0 aliphatic rings. The predicted octanol–water partition coefficient (Wildman–Crippen LogP) is 4.35. The van der Waals surface area contributed by atoms with Crippen LogP contribution in [0.1, 0.15) is 43.3 Å². The first-order valence-corrected chi connectivity index (χ1v) is 13.7. The second-order valence-electron chi connectivity index (χ2n) is 10.1. The molecule has 0 aliphatic carbocycles. The third-order valence-electron chi connectivity index (χ3n) is 7.52. The maximum Gasteiger partial charge on any atom is 0.333 e. The maximum absolute atomic E-state index is 13.5. The maximum atomic E-state index is 13.5. The van der Waals surface area contributed by atoms with Gasteiger partial charge < -0.3 is 4.57 Å². The summed E-state index contributed by atoms with van der Waals surface area (Å²) < 4.78 is 4.80. The first-order chi connectivity index (χ1) is 20.0. The summed E-state index contributed by atoms with van der Waals surface area (Å²) >= 11 is 0. The minimum absolute atomic E-state index is 0.297. The van der Waals surface area contributed by atoms with Gasteiger partial charge in [0.25, 0.3) is 5.56 Å². The number of nitrogens with one attached hydrogen (secondary N) is 1. The average Bonchev–Trinajstić information content (AvgIpc) is 3.66. The molecule has 1 unspecified atom stereocenters. The van der Waals surface area contributed by atoms with Crippen LogP contribution in [0.15, 0.2) is 88.5 Å². The van der Waals surface area contributed by atoms with E-state index in [1.54, 1.807) is 4.57 Å². The molecule has 3 heterocycles. The Balaban J connectivity index is 1.44. The van der Waals surface area contributed by atoms with Crippen LogP contribution in [0.5, 0.6) is 0 Å². The Hall–Kier alpha value is -5.12. The smallest absolute Gasteiger partial charge is 0.318 e. The molecular weight excluding hydrogens is 516 g/mol. The Bertz CT molecular complexity index is 1940. The van der Waals surface area contributed by atoms with Crippen molar-refractivity contribution in [2.24, 2.45) is 7.05 Å². The number of aromatic amines is 1. The Kier molecular flexibility index (Phi) is 6.88. The van der Waals surface area contributed by atoms with Crippen LogP contribution >= 0.6 is 0 Å². The van der Waals surface area contributed by atoms with Gasteiger partial charge in [0.1, 0.15) is 5.82 Å². The molecule has 0 saturated heterocycles. The van der Waals surface area contributed by atoms with Crippen molar-refractivity contribution in [3.05, 3.63) is 117 Å². The third-order valence-corrected chi connectivity index (χ3v) is 7.52. The number of tetrazole rings is 1. The molecule has 1 N–H and O–H groups in total. The Morgan fingerprint density at radius 1 is 0.902 bits per heavy atom. The SMILES string of the molecule is CCCc1nc2c(c(=O)n(C)c(=O)n2C(C)c2ccccc2)n1Cc1ccc(-c2ccccc2-c2nn[nH]n2)cc1. The van der Waals surface area contributed by atoms with Gasteiger partial charge in [0, 0.05) is 25.6 Å². The number of imidazole rings is 1. The number of nitrogens with zero attached hydrogens (tertiary/aromatic N) is 7. The molecule has 3 aromatic heterocycles. The lowest BCUT2D eigenvalue weighted by Crippen LogP contribution is -2.40. The van der Waals surface area contributed by atoms with Crippen molar-refractivity contribution in [3.8, 4) is 22.5 Å². The average molecular weight is 547 g/mol. The Morgan fingerprint density at radius 2 is 1.61 bits per heavy atom. The van der Waals surface area contributed by atoms with Gasteiger partial charge in [-0.1, -0.05) is 85.8 Å². The molecule has 0 radical (unpaired) electrons. The van der Waals surface area contributed by atoms with E-state index < -0.39 is 0 Å². The van der Waals surface area contributed by atoms with Crippen molar-refractivity contribution in [2.75, 3.05) is 0 Å². The van der Waals surface area contributed by atoms with Crippen LogP contribution in [0.4, 0.5) is 0 Å². The normalized spacial score (nSPS) is 12.2. The highest BCUT2D eigenvalue weighted by atomic mass is 16.2. The van der Waals surface area contributed by atoms with Crippen LogP contribution in [0, 0.1) is 0 Å². The molecule has 0 aliphatic heterocycles. The van der Waals surface area contributed by atoms with E-state index in [1.165, 1.54) is 11.6 Å². The summed E-state index contributed by atoms with van der Waals surface area (Å²) in [7, 11) is 1.53. The summed E-state index contributed by atoms with van der Waals surface area (Å²) in [4.78, 5) is 31.9. The van der Waals surface area contributed by atoms with Crippen LogP contribution in [-0.2, 0) is 20.0 Å². The van der Waals surface area contributed by atoms with E-state index in [0.717, 1.165) is 40.1 Å². The monoisotopic (exact) mass is 546 g/mol. The van der Waals surface area contributed by atoms with Gasteiger partial charge in [-0.15, -0.1) is 10.2 Å².